The molecular weight excluding hydrogens is 226 g/mol. The van der Waals surface area contributed by atoms with Crippen molar-refractivity contribution in [2.75, 3.05) is 36.5 Å². The van der Waals surface area contributed by atoms with E-state index in [0.717, 1.165) is 24.9 Å². The smallest absolute Gasteiger partial charge is 0.141 e. The van der Waals surface area contributed by atoms with Gasteiger partial charge in [-0.2, -0.15) is 0 Å². The quantitative estimate of drug-likeness (QED) is 0.604. The van der Waals surface area contributed by atoms with Crippen molar-refractivity contribution in [3.05, 3.63) is 18.3 Å². The Bertz CT molecular complexity index is 408. The summed E-state index contributed by atoms with van der Waals surface area (Å²) >= 11 is 0. The number of hydrogen-bond acceptors (Lipinski definition) is 5. The van der Waals surface area contributed by atoms with Crippen LogP contribution in [-0.4, -0.2) is 42.1 Å². The lowest BCUT2D eigenvalue weighted by atomic mass is 9.99. The molecule has 18 heavy (non-hydrogen) atoms. The molecule has 1 aromatic heterocycles. The van der Waals surface area contributed by atoms with E-state index < -0.39 is 0 Å². The molecule has 3 N–H and O–H groups in total. The molecule has 0 aliphatic carbocycles. The Morgan fingerprint density at radius 2 is 2.22 bits per heavy atom. The molecule has 3 rings (SSSR count). The van der Waals surface area contributed by atoms with E-state index >= 15 is 0 Å². The molecule has 1 aromatic rings. The zero-order valence-electron chi connectivity index (χ0n) is 10.7. The molecule has 0 saturated carbocycles. The van der Waals surface area contributed by atoms with Gasteiger partial charge in [0.15, 0.2) is 0 Å². The molecule has 98 valence electrons. The summed E-state index contributed by atoms with van der Waals surface area (Å²) in [6.07, 6.45) is 5.90. The summed E-state index contributed by atoms with van der Waals surface area (Å²) in [6.45, 7) is 4.70. The van der Waals surface area contributed by atoms with E-state index in [9.17, 15) is 0 Å². The lowest BCUT2D eigenvalue weighted by Gasteiger charge is -2.44. The first kappa shape index (κ1) is 11.7. The lowest BCUT2D eigenvalue weighted by molar-refractivity contribution is 0.133. The molecular formula is C13H21N5. The molecule has 1 unspecified atom stereocenters. The summed E-state index contributed by atoms with van der Waals surface area (Å²) in [6, 6.07) is 4.83. The van der Waals surface area contributed by atoms with E-state index in [-0.39, 0.29) is 0 Å². The number of anilines is 2. The maximum Gasteiger partial charge on any atom is 0.141 e. The van der Waals surface area contributed by atoms with Crippen molar-refractivity contribution < 1.29 is 0 Å². The van der Waals surface area contributed by atoms with Crippen molar-refractivity contribution in [3.63, 3.8) is 0 Å². The molecule has 0 bridgehead atoms. The van der Waals surface area contributed by atoms with Gasteiger partial charge in [0.2, 0.25) is 0 Å². The van der Waals surface area contributed by atoms with E-state index in [0.29, 0.717) is 0 Å². The average molecular weight is 247 g/mol. The Kier molecular flexibility index (Phi) is 3.34. The Labute approximate surface area is 108 Å². The van der Waals surface area contributed by atoms with Gasteiger partial charge in [0.25, 0.3) is 0 Å². The highest BCUT2D eigenvalue weighted by molar-refractivity contribution is 5.53. The van der Waals surface area contributed by atoms with Gasteiger partial charge in [-0.25, -0.2) is 10.8 Å². The highest BCUT2D eigenvalue weighted by atomic mass is 15.3. The number of aromatic nitrogens is 1. The minimum atomic E-state index is 0.731. The van der Waals surface area contributed by atoms with Gasteiger partial charge >= 0.3 is 0 Å². The largest absolute Gasteiger partial charge is 0.369 e. The summed E-state index contributed by atoms with van der Waals surface area (Å²) in [4.78, 5) is 9.26. The summed E-state index contributed by atoms with van der Waals surface area (Å²) in [7, 11) is 0. The van der Waals surface area contributed by atoms with Crippen LogP contribution >= 0.6 is 0 Å². The van der Waals surface area contributed by atoms with Crippen molar-refractivity contribution >= 4 is 11.5 Å². The predicted octanol–water partition coefficient (Wildman–Crippen LogP) is 1.04. The van der Waals surface area contributed by atoms with Crippen molar-refractivity contribution in [1.29, 1.82) is 0 Å². The minimum absolute atomic E-state index is 0.731. The van der Waals surface area contributed by atoms with Crippen LogP contribution in [0.2, 0.25) is 0 Å². The van der Waals surface area contributed by atoms with Crippen LogP contribution in [0.3, 0.4) is 0 Å². The van der Waals surface area contributed by atoms with Crippen LogP contribution < -0.4 is 16.2 Å². The van der Waals surface area contributed by atoms with Gasteiger partial charge in [0, 0.05) is 43.6 Å². The number of rotatable bonds is 2. The third kappa shape index (κ3) is 2.28. The molecule has 5 heteroatoms. The summed E-state index contributed by atoms with van der Waals surface area (Å²) in [5.41, 5.74) is 3.84. The van der Waals surface area contributed by atoms with Crippen molar-refractivity contribution in [1.82, 2.24) is 9.88 Å². The third-order valence-electron chi connectivity index (χ3n) is 4.09. The summed E-state index contributed by atoms with van der Waals surface area (Å²) in [5, 5.41) is 0. The standard InChI is InChI=1S/C13H21N5/c14-16-13-9-11(4-5-15-13)18-8-7-17-6-2-1-3-12(17)10-18/h4-5,9,12H,1-3,6-8,10,14H2,(H,15,16). The van der Waals surface area contributed by atoms with Crippen LogP contribution in [0.25, 0.3) is 0 Å². The highest BCUT2D eigenvalue weighted by Gasteiger charge is 2.28. The normalized spacial score (nSPS) is 24.7. The van der Waals surface area contributed by atoms with Gasteiger partial charge in [0.1, 0.15) is 5.82 Å². The van der Waals surface area contributed by atoms with E-state index in [4.69, 9.17) is 5.84 Å². The molecule has 3 heterocycles. The van der Waals surface area contributed by atoms with E-state index in [1.54, 1.807) is 0 Å². The van der Waals surface area contributed by atoms with Crippen LogP contribution in [0.4, 0.5) is 11.5 Å². The molecule has 1 atom stereocenters. The van der Waals surface area contributed by atoms with Gasteiger partial charge in [0.05, 0.1) is 0 Å². The topological polar surface area (TPSA) is 57.4 Å². The number of nitrogens with zero attached hydrogens (tertiary/aromatic N) is 3. The van der Waals surface area contributed by atoms with Gasteiger partial charge in [-0.05, 0) is 25.5 Å². The minimum Gasteiger partial charge on any atom is -0.369 e. The molecule has 2 aliphatic heterocycles. The second-order valence-corrected chi connectivity index (χ2v) is 5.18. The van der Waals surface area contributed by atoms with Gasteiger partial charge < -0.3 is 10.3 Å². The van der Waals surface area contributed by atoms with E-state index in [1.807, 2.05) is 12.3 Å². The molecule has 2 aliphatic rings. The van der Waals surface area contributed by atoms with E-state index in [1.165, 1.54) is 38.0 Å². The van der Waals surface area contributed by atoms with Crippen LogP contribution in [-0.2, 0) is 0 Å². The fourth-order valence-electron chi connectivity index (χ4n) is 3.09. The fraction of sp³-hybridized carbons (Fsp3) is 0.615. The van der Waals surface area contributed by atoms with Crippen molar-refractivity contribution in [2.24, 2.45) is 5.84 Å². The average Bonchev–Trinajstić information content (AvgIpc) is 2.47. The Hall–Kier alpha value is -1.33. The summed E-state index contributed by atoms with van der Waals surface area (Å²) < 4.78 is 0. The van der Waals surface area contributed by atoms with Gasteiger partial charge in [-0.3, -0.25) is 4.90 Å². The zero-order valence-corrected chi connectivity index (χ0v) is 10.7. The first-order chi connectivity index (χ1) is 8.86. The molecule has 0 amide bonds. The maximum absolute atomic E-state index is 5.42. The molecule has 5 nitrogen and oxygen atoms in total. The second kappa shape index (κ2) is 5.12. The van der Waals surface area contributed by atoms with Crippen LogP contribution in [0, 0.1) is 0 Å². The number of hydrogen-bond donors (Lipinski definition) is 2. The zero-order chi connectivity index (χ0) is 12.4. The molecule has 0 aromatic carbocycles. The predicted molar refractivity (Wildman–Crippen MR) is 73.5 cm³/mol. The number of fused-ring (bicyclic) bond motifs is 1. The fourth-order valence-corrected chi connectivity index (χ4v) is 3.09. The first-order valence-corrected chi connectivity index (χ1v) is 6.78. The van der Waals surface area contributed by atoms with Gasteiger partial charge in [-0.1, -0.05) is 6.42 Å². The Morgan fingerprint density at radius 1 is 1.28 bits per heavy atom. The Morgan fingerprint density at radius 3 is 3.11 bits per heavy atom. The molecule has 0 radical (unpaired) electrons. The first-order valence-electron chi connectivity index (χ1n) is 6.78. The maximum atomic E-state index is 5.42. The number of pyridine rings is 1. The van der Waals surface area contributed by atoms with Crippen LogP contribution in [0.5, 0.6) is 0 Å². The number of hydrazine groups is 1. The number of nitrogens with one attached hydrogen (secondary N) is 1. The summed E-state index contributed by atoms with van der Waals surface area (Å²) in [5.74, 6) is 6.15. The monoisotopic (exact) mass is 247 g/mol. The number of piperidine rings is 1. The molecule has 2 fully saturated rings. The van der Waals surface area contributed by atoms with E-state index in [2.05, 4.69) is 26.3 Å². The lowest BCUT2D eigenvalue weighted by Crippen LogP contribution is -2.54. The van der Waals surface area contributed by atoms with Crippen molar-refractivity contribution in [3.8, 4) is 0 Å². The van der Waals surface area contributed by atoms with Crippen molar-refractivity contribution in [2.45, 2.75) is 25.3 Å². The third-order valence-corrected chi connectivity index (χ3v) is 4.09. The number of nitrogens with two attached hydrogens (primary N) is 1. The number of piperazine rings is 1. The molecule has 0 spiro atoms. The van der Waals surface area contributed by atoms with Crippen LogP contribution in [0.15, 0.2) is 18.3 Å². The second-order valence-electron chi connectivity index (χ2n) is 5.18. The highest BCUT2D eigenvalue weighted by Crippen LogP contribution is 2.25. The SMILES string of the molecule is NNc1cc(N2CCN3CCCCC3C2)ccn1. The van der Waals surface area contributed by atoms with Crippen LogP contribution in [0.1, 0.15) is 19.3 Å². The number of nitrogen functional groups attached to an aromatic ring is 1. The molecule has 2 saturated heterocycles. The van der Waals surface area contributed by atoms with Gasteiger partial charge in [-0.15, -0.1) is 0 Å². The Balaban J connectivity index is 1.72.